The van der Waals surface area contributed by atoms with Crippen LogP contribution in [0.4, 0.5) is 5.69 Å². The number of benzene rings is 2. The van der Waals surface area contributed by atoms with Crippen LogP contribution in [0, 0.1) is 0 Å². The lowest BCUT2D eigenvalue weighted by molar-refractivity contribution is -0.113. The molecule has 0 aliphatic carbocycles. The topological polar surface area (TPSA) is 104 Å². The van der Waals surface area contributed by atoms with E-state index in [1.807, 2.05) is 29.8 Å². The highest BCUT2D eigenvalue weighted by atomic mass is 32.2. The number of hydrogen-bond donors (Lipinski definition) is 1. The average Bonchev–Trinajstić information content (AvgIpc) is 3.11. The lowest BCUT2D eigenvalue weighted by atomic mass is 10.2. The zero-order valence-corrected chi connectivity index (χ0v) is 19.4. The van der Waals surface area contributed by atoms with Crippen LogP contribution in [-0.2, 0) is 23.6 Å². The van der Waals surface area contributed by atoms with Gasteiger partial charge in [0.1, 0.15) is 16.8 Å². The van der Waals surface area contributed by atoms with Gasteiger partial charge >= 0.3 is 5.97 Å². The summed E-state index contributed by atoms with van der Waals surface area (Å²) >= 11 is 1.17. The third-order valence-corrected chi connectivity index (χ3v) is 6.33. The molecule has 9 nitrogen and oxygen atoms in total. The minimum atomic E-state index is -0.447. The van der Waals surface area contributed by atoms with Crippen molar-refractivity contribution in [2.75, 3.05) is 25.3 Å². The Balaban J connectivity index is 1.58. The lowest BCUT2D eigenvalue weighted by Gasteiger charge is -2.09. The first kappa shape index (κ1) is 22.4. The summed E-state index contributed by atoms with van der Waals surface area (Å²) in [5, 5.41) is 4.01. The summed E-state index contributed by atoms with van der Waals surface area (Å²) in [4.78, 5) is 41.7. The molecule has 0 aliphatic rings. The van der Waals surface area contributed by atoms with Gasteiger partial charge in [0.05, 0.1) is 31.1 Å². The molecule has 10 heteroatoms. The minimum Gasteiger partial charge on any atom is -0.497 e. The summed E-state index contributed by atoms with van der Waals surface area (Å²) in [5.41, 5.74) is 2.66. The highest BCUT2D eigenvalue weighted by Gasteiger charge is 2.18. The molecule has 0 saturated carbocycles. The van der Waals surface area contributed by atoms with E-state index in [1.165, 1.54) is 23.4 Å². The first-order valence-electron chi connectivity index (χ1n) is 9.98. The maximum absolute atomic E-state index is 13.1. The third kappa shape index (κ3) is 4.17. The van der Waals surface area contributed by atoms with Crippen molar-refractivity contribution in [1.29, 1.82) is 0 Å². The number of thioether (sulfide) groups is 1. The van der Waals surface area contributed by atoms with Crippen LogP contribution in [0.25, 0.3) is 21.9 Å². The van der Waals surface area contributed by atoms with Crippen molar-refractivity contribution >= 4 is 51.3 Å². The molecule has 2 aromatic carbocycles. The van der Waals surface area contributed by atoms with Gasteiger partial charge in [-0.05, 0) is 42.5 Å². The summed E-state index contributed by atoms with van der Waals surface area (Å²) in [6.45, 7) is 0. The molecule has 4 rings (SSSR count). The van der Waals surface area contributed by atoms with E-state index in [2.05, 4.69) is 10.1 Å². The predicted octanol–water partition coefficient (Wildman–Crippen LogP) is 2.95. The van der Waals surface area contributed by atoms with Crippen LogP contribution in [0.15, 0.2) is 52.4 Å². The number of aryl methyl sites for hydroxylation is 1. The van der Waals surface area contributed by atoms with Crippen LogP contribution >= 0.6 is 11.8 Å². The molecule has 0 fully saturated rings. The summed E-state index contributed by atoms with van der Waals surface area (Å²) in [5.74, 6) is 0.0134. The molecule has 4 aromatic rings. The molecule has 0 bridgehead atoms. The number of fused-ring (bicyclic) bond motifs is 3. The van der Waals surface area contributed by atoms with Crippen molar-refractivity contribution in [3.8, 4) is 5.75 Å². The van der Waals surface area contributed by atoms with Crippen LogP contribution in [-0.4, -0.2) is 46.0 Å². The SMILES string of the molecule is COC(=O)c1ccc(NC(=O)CSc2nc3c4cc(OC)ccc4n(C)c3c(=O)n2C)cc1. The van der Waals surface area contributed by atoms with Gasteiger partial charge in [-0.3, -0.25) is 14.2 Å². The van der Waals surface area contributed by atoms with E-state index < -0.39 is 5.97 Å². The van der Waals surface area contributed by atoms with E-state index in [4.69, 9.17) is 9.72 Å². The smallest absolute Gasteiger partial charge is 0.337 e. The summed E-state index contributed by atoms with van der Waals surface area (Å²) in [7, 11) is 6.36. The number of amides is 1. The highest BCUT2D eigenvalue weighted by molar-refractivity contribution is 7.99. The van der Waals surface area contributed by atoms with Gasteiger partial charge in [0, 0.05) is 25.2 Å². The number of hydrogen-bond acceptors (Lipinski definition) is 7. The molecule has 0 radical (unpaired) electrons. The van der Waals surface area contributed by atoms with Gasteiger partial charge in [-0.25, -0.2) is 9.78 Å². The number of anilines is 1. The van der Waals surface area contributed by atoms with Crippen LogP contribution < -0.4 is 15.6 Å². The third-order valence-electron chi connectivity index (χ3n) is 5.30. The van der Waals surface area contributed by atoms with Crippen molar-refractivity contribution in [3.63, 3.8) is 0 Å². The number of carbonyl (C=O) groups excluding carboxylic acids is 2. The van der Waals surface area contributed by atoms with E-state index in [9.17, 15) is 14.4 Å². The predicted molar refractivity (Wildman–Crippen MR) is 127 cm³/mol. The Kier molecular flexibility index (Phi) is 6.10. The fourth-order valence-electron chi connectivity index (χ4n) is 3.57. The van der Waals surface area contributed by atoms with Crippen LogP contribution in [0.5, 0.6) is 5.75 Å². The summed E-state index contributed by atoms with van der Waals surface area (Å²) in [6, 6.07) is 12.0. The summed E-state index contributed by atoms with van der Waals surface area (Å²) < 4.78 is 13.3. The number of esters is 1. The van der Waals surface area contributed by atoms with Gasteiger partial charge in [0.2, 0.25) is 5.91 Å². The molecule has 1 amide bonds. The zero-order chi connectivity index (χ0) is 23.7. The molecule has 1 N–H and O–H groups in total. The lowest BCUT2D eigenvalue weighted by Crippen LogP contribution is -2.22. The molecular weight excluding hydrogens is 444 g/mol. The number of nitrogens with zero attached hydrogens (tertiary/aromatic N) is 3. The second-order valence-corrected chi connectivity index (χ2v) is 8.25. The minimum absolute atomic E-state index is 0.0542. The van der Waals surface area contributed by atoms with Gasteiger partial charge in [0.25, 0.3) is 5.56 Å². The van der Waals surface area contributed by atoms with E-state index in [1.54, 1.807) is 38.4 Å². The molecule has 0 atom stereocenters. The standard InChI is InChI=1S/C23H22N4O5S/c1-26-17-10-9-15(31-3)11-16(17)19-20(26)21(29)27(2)23(25-19)33-12-18(28)24-14-7-5-13(6-8-14)22(30)32-4/h5-11H,12H2,1-4H3,(H,24,28). The van der Waals surface area contributed by atoms with Crippen LogP contribution in [0.3, 0.4) is 0 Å². The number of ether oxygens (including phenoxy) is 2. The first-order valence-corrected chi connectivity index (χ1v) is 11.0. The highest BCUT2D eigenvalue weighted by Crippen LogP contribution is 2.29. The largest absolute Gasteiger partial charge is 0.497 e. The number of nitrogens with one attached hydrogen (secondary N) is 1. The Bertz CT molecular complexity index is 1440. The Morgan fingerprint density at radius 2 is 1.79 bits per heavy atom. The molecule has 0 saturated heterocycles. The fourth-order valence-corrected chi connectivity index (χ4v) is 4.33. The quantitative estimate of drug-likeness (QED) is 0.265. The molecule has 0 aliphatic heterocycles. The zero-order valence-electron chi connectivity index (χ0n) is 18.5. The maximum Gasteiger partial charge on any atom is 0.337 e. The summed E-state index contributed by atoms with van der Waals surface area (Å²) in [6.07, 6.45) is 0. The maximum atomic E-state index is 13.1. The Hall–Kier alpha value is -3.79. The molecule has 170 valence electrons. The van der Waals surface area contributed by atoms with Crippen molar-refractivity contribution in [2.45, 2.75) is 5.16 Å². The molecule has 2 aromatic heterocycles. The second-order valence-electron chi connectivity index (χ2n) is 7.30. The Labute approximate surface area is 193 Å². The van der Waals surface area contributed by atoms with E-state index >= 15 is 0 Å². The Morgan fingerprint density at radius 3 is 2.45 bits per heavy atom. The van der Waals surface area contributed by atoms with Gasteiger partial charge in [-0.15, -0.1) is 0 Å². The molecule has 33 heavy (non-hydrogen) atoms. The van der Waals surface area contributed by atoms with Gasteiger partial charge < -0.3 is 19.4 Å². The molecule has 0 spiro atoms. The van der Waals surface area contributed by atoms with E-state index in [0.29, 0.717) is 33.2 Å². The number of aromatic nitrogens is 3. The van der Waals surface area contributed by atoms with Gasteiger partial charge in [-0.2, -0.15) is 0 Å². The fraction of sp³-hybridized carbons (Fsp3) is 0.217. The van der Waals surface area contributed by atoms with Gasteiger partial charge in [0.15, 0.2) is 5.16 Å². The molecule has 0 unspecified atom stereocenters. The normalized spacial score (nSPS) is 11.0. The van der Waals surface area contributed by atoms with Crippen molar-refractivity contribution in [3.05, 3.63) is 58.4 Å². The second kappa shape index (κ2) is 8.99. The van der Waals surface area contributed by atoms with Crippen LogP contribution in [0.1, 0.15) is 10.4 Å². The van der Waals surface area contributed by atoms with Crippen molar-refractivity contribution in [2.24, 2.45) is 14.1 Å². The number of methoxy groups -OCH3 is 2. The molecular formula is C23H22N4O5S. The van der Waals surface area contributed by atoms with Crippen molar-refractivity contribution < 1.29 is 19.1 Å². The van der Waals surface area contributed by atoms with E-state index in [-0.39, 0.29) is 17.2 Å². The Morgan fingerprint density at radius 1 is 1.06 bits per heavy atom. The van der Waals surface area contributed by atoms with Crippen molar-refractivity contribution in [1.82, 2.24) is 14.1 Å². The first-order chi connectivity index (χ1) is 15.8. The average molecular weight is 467 g/mol. The number of carbonyl (C=O) groups is 2. The van der Waals surface area contributed by atoms with Gasteiger partial charge in [-0.1, -0.05) is 11.8 Å². The van der Waals surface area contributed by atoms with Crippen LogP contribution in [0.2, 0.25) is 0 Å². The van der Waals surface area contributed by atoms with E-state index in [0.717, 1.165) is 10.9 Å². The monoisotopic (exact) mass is 466 g/mol. The molecule has 2 heterocycles. The number of rotatable bonds is 6.